The van der Waals surface area contributed by atoms with Crippen LogP contribution in [-0.4, -0.2) is 46.9 Å². The average molecular weight is 285 g/mol. The fourth-order valence-electron chi connectivity index (χ4n) is 1.16. The fourth-order valence-corrected chi connectivity index (χ4v) is 1.31. The molecule has 0 aliphatic rings. The molecule has 0 saturated carbocycles. The Hall–Kier alpha value is -2.06. The average Bonchev–Trinajstić information content (AvgIpc) is 2.39. The van der Waals surface area contributed by atoms with Gasteiger partial charge >= 0.3 is 0 Å². The lowest BCUT2D eigenvalue weighted by molar-refractivity contribution is 0.204. The zero-order valence-electron chi connectivity index (χ0n) is 10.3. The second-order valence-electron chi connectivity index (χ2n) is 3.49. The van der Waals surface area contributed by atoms with Crippen molar-refractivity contribution in [1.82, 2.24) is 10.7 Å². The lowest BCUT2D eigenvalue weighted by Gasteiger charge is -2.06. The van der Waals surface area contributed by atoms with Gasteiger partial charge in [-0.05, 0) is 24.4 Å². The Morgan fingerprint density at radius 1 is 1.37 bits per heavy atom. The molecule has 104 valence electrons. The predicted molar refractivity (Wildman–Crippen MR) is 74.6 cm³/mol. The van der Waals surface area contributed by atoms with Crippen molar-refractivity contribution in [1.29, 1.82) is 0 Å². The van der Waals surface area contributed by atoms with Crippen molar-refractivity contribution in [3.05, 3.63) is 17.7 Å². The van der Waals surface area contributed by atoms with Gasteiger partial charge in [-0.15, -0.1) is 0 Å². The molecule has 1 rings (SSSR count). The first-order valence-corrected chi connectivity index (χ1v) is 5.76. The van der Waals surface area contributed by atoms with E-state index in [9.17, 15) is 10.2 Å². The molecule has 19 heavy (non-hydrogen) atoms. The molecule has 1 aromatic carbocycles. The molecule has 0 fully saturated rings. The number of thiocarbonyl (C=S) groups is 1. The lowest BCUT2D eigenvalue weighted by atomic mass is 10.2. The SMILES string of the molecule is COCCNC(=S)N/N=C/c1ccc(O)c(O)c1O. The second-order valence-corrected chi connectivity index (χ2v) is 3.90. The summed E-state index contributed by atoms with van der Waals surface area (Å²) in [4.78, 5) is 0. The van der Waals surface area contributed by atoms with Crippen molar-refractivity contribution in [3.63, 3.8) is 0 Å². The van der Waals surface area contributed by atoms with E-state index in [2.05, 4.69) is 15.8 Å². The van der Waals surface area contributed by atoms with Crippen LogP contribution < -0.4 is 10.7 Å². The highest BCUT2D eigenvalue weighted by Crippen LogP contribution is 2.36. The molecule has 0 spiro atoms. The number of rotatable bonds is 5. The monoisotopic (exact) mass is 285 g/mol. The van der Waals surface area contributed by atoms with Gasteiger partial charge in [0.15, 0.2) is 16.6 Å². The van der Waals surface area contributed by atoms with Crippen LogP contribution in [0.25, 0.3) is 0 Å². The predicted octanol–water partition coefficient (Wildman–Crippen LogP) is 0.248. The number of aromatic hydroxyl groups is 3. The summed E-state index contributed by atoms with van der Waals surface area (Å²) in [5, 5.41) is 34.9. The minimum Gasteiger partial charge on any atom is -0.504 e. The lowest BCUT2D eigenvalue weighted by Crippen LogP contribution is -2.34. The molecule has 7 nitrogen and oxygen atoms in total. The Kier molecular flexibility index (Phi) is 5.83. The van der Waals surface area contributed by atoms with E-state index in [1.807, 2.05) is 0 Å². The van der Waals surface area contributed by atoms with E-state index >= 15 is 0 Å². The van der Waals surface area contributed by atoms with Crippen molar-refractivity contribution >= 4 is 23.5 Å². The molecule has 0 aromatic heterocycles. The molecule has 1 aromatic rings. The molecule has 0 bridgehead atoms. The number of ether oxygens (including phenoxy) is 1. The van der Waals surface area contributed by atoms with Gasteiger partial charge in [0.2, 0.25) is 5.75 Å². The molecule has 5 N–H and O–H groups in total. The smallest absolute Gasteiger partial charge is 0.200 e. The normalized spacial score (nSPS) is 10.6. The Bertz CT molecular complexity index is 479. The van der Waals surface area contributed by atoms with Gasteiger partial charge in [-0.1, -0.05) is 0 Å². The van der Waals surface area contributed by atoms with Crippen molar-refractivity contribution in [2.24, 2.45) is 5.10 Å². The van der Waals surface area contributed by atoms with Crippen LogP contribution in [0.3, 0.4) is 0 Å². The number of nitrogens with zero attached hydrogens (tertiary/aromatic N) is 1. The zero-order valence-corrected chi connectivity index (χ0v) is 11.1. The van der Waals surface area contributed by atoms with Gasteiger partial charge in [0, 0.05) is 19.2 Å². The third-order valence-electron chi connectivity index (χ3n) is 2.12. The summed E-state index contributed by atoms with van der Waals surface area (Å²) in [6.07, 6.45) is 1.26. The van der Waals surface area contributed by atoms with E-state index < -0.39 is 17.2 Å². The number of hydrogen-bond donors (Lipinski definition) is 5. The van der Waals surface area contributed by atoms with Crippen LogP contribution in [-0.2, 0) is 4.74 Å². The van der Waals surface area contributed by atoms with Crippen molar-refractivity contribution < 1.29 is 20.1 Å². The van der Waals surface area contributed by atoms with Gasteiger partial charge in [-0.25, -0.2) is 0 Å². The molecule has 0 aliphatic carbocycles. The van der Waals surface area contributed by atoms with E-state index in [1.165, 1.54) is 18.3 Å². The van der Waals surface area contributed by atoms with Gasteiger partial charge in [0.1, 0.15) is 0 Å². The van der Waals surface area contributed by atoms with Crippen molar-refractivity contribution in [3.8, 4) is 17.2 Å². The molecule has 0 amide bonds. The summed E-state index contributed by atoms with van der Waals surface area (Å²) in [5.41, 5.74) is 2.77. The van der Waals surface area contributed by atoms with Crippen LogP contribution >= 0.6 is 12.2 Å². The fraction of sp³-hybridized carbons (Fsp3) is 0.273. The maximum atomic E-state index is 9.52. The molecule has 0 radical (unpaired) electrons. The van der Waals surface area contributed by atoms with E-state index in [0.717, 1.165) is 0 Å². The minimum atomic E-state index is -0.593. The van der Waals surface area contributed by atoms with Crippen molar-refractivity contribution in [2.75, 3.05) is 20.3 Å². The zero-order chi connectivity index (χ0) is 14.3. The van der Waals surface area contributed by atoms with Gasteiger partial charge < -0.3 is 25.4 Å². The first-order valence-electron chi connectivity index (χ1n) is 5.36. The van der Waals surface area contributed by atoms with Crippen LogP contribution in [0.5, 0.6) is 17.2 Å². The summed E-state index contributed by atoms with van der Waals surface area (Å²) in [7, 11) is 1.58. The third-order valence-corrected chi connectivity index (χ3v) is 2.36. The first kappa shape index (κ1) is 15.0. The first-order chi connectivity index (χ1) is 9.06. The van der Waals surface area contributed by atoms with E-state index in [0.29, 0.717) is 18.3 Å². The summed E-state index contributed by atoms with van der Waals surface area (Å²) in [5.74, 6) is -1.45. The molecule has 0 heterocycles. The Labute approximate surface area is 115 Å². The maximum absolute atomic E-state index is 9.52. The van der Waals surface area contributed by atoms with Crippen LogP contribution in [0.1, 0.15) is 5.56 Å². The Morgan fingerprint density at radius 2 is 2.11 bits per heavy atom. The number of phenols is 3. The van der Waals surface area contributed by atoms with Gasteiger partial charge in [-0.3, -0.25) is 5.43 Å². The summed E-state index contributed by atoms with van der Waals surface area (Å²) in [6, 6.07) is 2.64. The van der Waals surface area contributed by atoms with Gasteiger partial charge in [0.05, 0.1) is 12.8 Å². The highest BCUT2D eigenvalue weighted by molar-refractivity contribution is 7.80. The Balaban J connectivity index is 2.53. The quantitative estimate of drug-likeness (QED) is 0.173. The number of hydrogen-bond acceptors (Lipinski definition) is 6. The van der Waals surface area contributed by atoms with Crippen LogP contribution in [0, 0.1) is 0 Å². The number of phenolic OH excluding ortho intramolecular Hbond substituents is 3. The van der Waals surface area contributed by atoms with Crippen molar-refractivity contribution in [2.45, 2.75) is 0 Å². The summed E-state index contributed by atoms with van der Waals surface area (Å²) < 4.78 is 4.83. The Morgan fingerprint density at radius 3 is 2.79 bits per heavy atom. The van der Waals surface area contributed by atoms with E-state index in [1.54, 1.807) is 7.11 Å². The molecular formula is C11H15N3O4S. The van der Waals surface area contributed by atoms with Gasteiger partial charge in [0.25, 0.3) is 0 Å². The van der Waals surface area contributed by atoms with Crippen LogP contribution in [0.15, 0.2) is 17.2 Å². The number of benzene rings is 1. The summed E-state index contributed by atoms with van der Waals surface area (Å²) >= 11 is 4.92. The topological polar surface area (TPSA) is 106 Å². The standard InChI is InChI=1S/C11H15N3O4S/c1-18-5-4-12-11(19)14-13-6-7-2-3-8(15)10(17)9(7)16/h2-3,6,15-17H,4-5H2,1H3,(H2,12,14,19)/b13-6+. The second kappa shape index (κ2) is 7.39. The van der Waals surface area contributed by atoms with E-state index in [4.69, 9.17) is 22.1 Å². The molecule has 0 unspecified atom stereocenters. The largest absolute Gasteiger partial charge is 0.504 e. The van der Waals surface area contributed by atoms with Crippen LogP contribution in [0.4, 0.5) is 0 Å². The highest BCUT2D eigenvalue weighted by Gasteiger charge is 2.08. The molecule has 0 atom stereocenters. The summed E-state index contributed by atoms with van der Waals surface area (Å²) in [6.45, 7) is 1.06. The van der Waals surface area contributed by atoms with E-state index in [-0.39, 0.29) is 5.56 Å². The highest BCUT2D eigenvalue weighted by atomic mass is 32.1. The number of hydrazone groups is 1. The molecule has 8 heteroatoms. The van der Waals surface area contributed by atoms with Gasteiger partial charge in [-0.2, -0.15) is 5.10 Å². The minimum absolute atomic E-state index is 0.238. The molecule has 0 saturated heterocycles. The molecular weight excluding hydrogens is 270 g/mol. The van der Waals surface area contributed by atoms with Crippen LogP contribution in [0.2, 0.25) is 0 Å². The number of methoxy groups -OCH3 is 1. The molecule has 0 aliphatic heterocycles. The third kappa shape index (κ3) is 4.60. The number of nitrogens with one attached hydrogen (secondary N) is 2. The maximum Gasteiger partial charge on any atom is 0.200 e.